The Morgan fingerprint density at radius 1 is 1.38 bits per heavy atom. The van der Waals surface area contributed by atoms with Crippen LogP contribution in [0.5, 0.6) is 0 Å². The average Bonchev–Trinajstić information content (AvgIpc) is 3.21. The van der Waals surface area contributed by atoms with Gasteiger partial charge in [0.25, 0.3) is 0 Å². The monoisotopic (exact) mass is 329 g/mol. The Morgan fingerprint density at radius 3 is 2.96 bits per heavy atom. The van der Waals surface area contributed by atoms with Crippen molar-refractivity contribution < 1.29 is 9.18 Å². The summed E-state index contributed by atoms with van der Waals surface area (Å²) >= 11 is 0. The van der Waals surface area contributed by atoms with Crippen molar-refractivity contribution >= 4 is 11.6 Å². The van der Waals surface area contributed by atoms with Crippen LogP contribution in [0.25, 0.3) is 5.69 Å². The lowest BCUT2D eigenvalue weighted by atomic mass is 10.2. The van der Waals surface area contributed by atoms with Crippen LogP contribution in [0.4, 0.5) is 10.1 Å². The van der Waals surface area contributed by atoms with E-state index >= 15 is 0 Å². The number of rotatable bonds is 6. The molecule has 0 bridgehead atoms. The predicted molar refractivity (Wildman–Crippen MR) is 83.9 cm³/mol. The van der Waals surface area contributed by atoms with Crippen LogP contribution in [0.15, 0.2) is 36.7 Å². The summed E-state index contributed by atoms with van der Waals surface area (Å²) in [7, 11) is 0. The Kier molecular flexibility index (Phi) is 4.59. The van der Waals surface area contributed by atoms with Crippen molar-refractivity contribution in [1.82, 2.24) is 30.0 Å². The van der Waals surface area contributed by atoms with Gasteiger partial charge in [-0.05, 0) is 48.0 Å². The van der Waals surface area contributed by atoms with E-state index in [0.29, 0.717) is 30.9 Å². The number of carbonyl (C=O) groups is 1. The second-order valence-electron chi connectivity index (χ2n) is 5.22. The van der Waals surface area contributed by atoms with E-state index in [0.717, 1.165) is 0 Å². The van der Waals surface area contributed by atoms with Gasteiger partial charge in [-0.25, -0.2) is 4.39 Å². The minimum atomic E-state index is -0.470. The van der Waals surface area contributed by atoms with Crippen molar-refractivity contribution in [1.29, 1.82) is 0 Å². The Hall–Kier alpha value is -3.10. The second kappa shape index (κ2) is 6.99. The lowest BCUT2D eigenvalue weighted by molar-refractivity contribution is -0.116. The third-order valence-corrected chi connectivity index (χ3v) is 3.43. The summed E-state index contributed by atoms with van der Waals surface area (Å²) in [4.78, 5) is 12.0. The third-order valence-electron chi connectivity index (χ3n) is 3.43. The molecule has 0 spiro atoms. The van der Waals surface area contributed by atoms with Crippen LogP contribution in [0.3, 0.4) is 0 Å². The molecule has 0 aliphatic heterocycles. The molecule has 0 fully saturated rings. The second-order valence-corrected chi connectivity index (χ2v) is 5.22. The van der Waals surface area contributed by atoms with E-state index in [-0.39, 0.29) is 11.6 Å². The number of hydrogen-bond donors (Lipinski definition) is 1. The summed E-state index contributed by atoms with van der Waals surface area (Å²) in [5.74, 6) is -0.160. The first kappa shape index (κ1) is 15.8. The highest BCUT2D eigenvalue weighted by molar-refractivity contribution is 5.90. The van der Waals surface area contributed by atoms with E-state index in [4.69, 9.17) is 0 Å². The van der Waals surface area contributed by atoms with Gasteiger partial charge in [0.05, 0.1) is 0 Å². The van der Waals surface area contributed by atoms with Gasteiger partial charge < -0.3 is 5.32 Å². The molecule has 0 saturated carbocycles. The molecule has 3 aromatic rings. The lowest BCUT2D eigenvalue weighted by Gasteiger charge is -2.09. The van der Waals surface area contributed by atoms with Crippen molar-refractivity contribution in [2.45, 2.75) is 26.3 Å². The van der Waals surface area contributed by atoms with E-state index in [1.54, 1.807) is 17.8 Å². The normalized spacial score (nSPS) is 10.8. The highest BCUT2D eigenvalue weighted by Gasteiger charge is 2.11. The fourth-order valence-electron chi connectivity index (χ4n) is 2.26. The molecule has 0 atom stereocenters. The smallest absolute Gasteiger partial charge is 0.224 e. The van der Waals surface area contributed by atoms with Crippen LogP contribution in [0.1, 0.15) is 18.7 Å². The van der Waals surface area contributed by atoms with Crippen molar-refractivity contribution in [3.05, 3.63) is 48.3 Å². The number of benzene rings is 1. The minimum Gasteiger partial charge on any atom is -0.326 e. The summed E-state index contributed by atoms with van der Waals surface area (Å²) in [6, 6.07) is 6.12. The number of halogens is 1. The fourth-order valence-corrected chi connectivity index (χ4v) is 2.26. The van der Waals surface area contributed by atoms with Gasteiger partial charge in [-0.15, -0.1) is 5.10 Å². The molecule has 2 aromatic heterocycles. The molecule has 0 radical (unpaired) electrons. The molecule has 0 unspecified atom stereocenters. The van der Waals surface area contributed by atoms with Gasteiger partial charge in [0.15, 0.2) is 5.82 Å². The number of carbonyl (C=O) groups excluding carboxylic acids is 1. The molecule has 2 heterocycles. The Labute approximate surface area is 137 Å². The van der Waals surface area contributed by atoms with E-state index in [1.165, 1.54) is 22.9 Å². The predicted octanol–water partition coefficient (Wildman–Crippen LogP) is 1.73. The highest BCUT2D eigenvalue weighted by Crippen LogP contribution is 2.19. The van der Waals surface area contributed by atoms with Crippen LogP contribution in [0, 0.1) is 12.7 Å². The van der Waals surface area contributed by atoms with Gasteiger partial charge in [0.2, 0.25) is 5.91 Å². The molecule has 124 valence electrons. The van der Waals surface area contributed by atoms with Gasteiger partial charge in [0, 0.05) is 31.0 Å². The number of tetrazole rings is 1. The van der Waals surface area contributed by atoms with Crippen molar-refractivity contribution in [3.63, 3.8) is 0 Å². The molecule has 9 heteroatoms. The summed E-state index contributed by atoms with van der Waals surface area (Å²) in [5.41, 5.74) is 0.678. The number of nitrogens with one attached hydrogen (secondary N) is 1. The molecule has 0 saturated heterocycles. The topological polar surface area (TPSA) is 90.5 Å². The molecular formula is C15H16FN7O. The van der Waals surface area contributed by atoms with Crippen molar-refractivity contribution in [3.8, 4) is 5.69 Å². The maximum atomic E-state index is 14.0. The molecule has 0 aliphatic rings. The SMILES string of the molecule is Cc1nnnn1-c1cc(NC(=O)CCCn2cccn2)ccc1F. The van der Waals surface area contributed by atoms with E-state index in [2.05, 4.69) is 25.9 Å². The van der Waals surface area contributed by atoms with Crippen LogP contribution in [-0.4, -0.2) is 35.9 Å². The van der Waals surface area contributed by atoms with Crippen molar-refractivity contribution in [2.24, 2.45) is 0 Å². The molecule has 1 aromatic carbocycles. The molecular weight excluding hydrogens is 313 g/mol. The van der Waals surface area contributed by atoms with E-state index < -0.39 is 5.82 Å². The Morgan fingerprint density at radius 2 is 2.25 bits per heavy atom. The summed E-state index contributed by atoms with van der Waals surface area (Å²) in [6.07, 6.45) is 4.55. The lowest BCUT2D eigenvalue weighted by Crippen LogP contribution is -2.13. The first-order chi connectivity index (χ1) is 11.6. The van der Waals surface area contributed by atoms with Gasteiger partial charge in [0.1, 0.15) is 11.5 Å². The van der Waals surface area contributed by atoms with Crippen LogP contribution >= 0.6 is 0 Å². The highest BCUT2D eigenvalue weighted by atomic mass is 19.1. The molecule has 1 amide bonds. The first-order valence-corrected chi connectivity index (χ1v) is 7.45. The van der Waals surface area contributed by atoms with Crippen molar-refractivity contribution in [2.75, 3.05) is 5.32 Å². The maximum Gasteiger partial charge on any atom is 0.224 e. The number of amides is 1. The van der Waals surface area contributed by atoms with Gasteiger partial charge >= 0.3 is 0 Å². The van der Waals surface area contributed by atoms with E-state index in [1.807, 2.05) is 12.3 Å². The van der Waals surface area contributed by atoms with Crippen LogP contribution in [0.2, 0.25) is 0 Å². The number of aryl methyl sites for hydroxylation is 2. The number of aromatic nitrogens is 6. The number of hydrogen-bond acceptors (Lipinski definition) is 5. The maximum absolute atomic E-state index is 14.0. The standard InChI is InChI=1S/C15H16FN7O/c1-11-19-20-21-23(11)14-10-12(5-6-13(14)16)18-15(24)4-2-8-22-9-3-7-17-22/h3,5-7,9-10H,2,4,8H2,1H3,(H,18,24). The number of nitrogens with zero attached hydrogens (tertiary/aromatic N) is 6. The molecule has 8 nitrogen and oxygen atoms in total. The summed E-state index contributed by atoms with van der Waals surface area (Å²) < 4.78 is 17.0. The zero-order valence-corrected chi connectivity index (χ0v) is 13.1. The molecule has 1 N–H and O–H groups in total. The molecule has 0 aliphatic carbocycles. The largest absolute Gasteiger partial charge is 0.326 e. The fraction of sp³-hybridized carbons (Fsp3) is 0.267. The van der Waals surface area contributed by atoms with Gasteiger partial charge in [-0.2, -0.15) is 9.78 Å². The van der Waals surface area contributed by atoms with Crippen LogP contribution in [-0.2, 0) is 11.3 Å². The molecule has 24 heavy (non-hydrogen) atoms. The third kappa shape index (κ3) is 3.62. The quantitative estimate of drug-likeness (QED) is 0.744. The average molecular weight is 329 g/mol. The number of anilines is 1. The Balaban J connectivity index is 1.62. The van der Waals surface area contributed by atoms with Gasteiger partial charge in [-0.3, -0.25) is 9.48 Å². The summed E-state index contributed by atoms with van der Waals surface area (Å²) in [6.45, 7) is 2.33. The zero-order chi connectivity index (χ0) is 16.9. The molecule has 3 rings (SSSR count). The van der Waals surface area contributed by atoms with E-state index in [9.17, 15) is 9.18 Å². The van der Waals surface area contributed by atoms with Crippen LogP contribution < -0.4 is 5.32 Å². The minimum absolute atomic E-state index is 0.145. The summed E-state index contributed by atoms with van der Waals surface area (Å²) in [5, 5.41) is 17.8. The Bertz CT molecular complexity index is 828. The first-order valence-electron chi connectivity index (χ1n) is 7.45. The van der Waals surface area contributed by atoms with Gasteiger partial charge in [-0.1, -0.05) is 0 Å². The zero-order valence-electron chi connectivity index (χ0n) is 13.1.